The Bertz CT molecular complexity index is 1620. The summed E-state index contributed by atoms with van der Waals surface area (Å²) in [6, 6.07) is 13.8. The first-order valence-electron chi connectivity index (χ1n) is 13.0. The second kappa shape index (κ2) is 10.8. The lowest BCUT2D eigenvalue weighted by Crippen LogP contribution is -2.31. The first kappa shape index (κ1) is 28.1. The van der Waals surface area contributed by atoms with Crippen molar-refractivity contribution in [2.75, 3.05) is 13.1 Å². The predicted molar refractivity (Wildman–Crippen MR) is 147 cm³/mol. The van der Waals surface area contributed by atoms with Gasteiger partial charge in [-0.15, -0.1) is 0 Å². The smallest absolute Gasteiger partial charge is 0.420 e. The summed E-state index contributed by atoms with van der Waals surface area (Å²) in [6.07, 6.45) is 0.0743. The highest BCUT2D eigenvalue weighted by Crippen LogP contribution is 2.39. The Labute approximate surface area is 233 Å². The molecular weight excluding hydrogens is 538 g/mol. The summed E-state index contributed by atoms with van der Waals surface area (Å²) >= 11 is 0. The zero-order valence-electron chi connectivity index (χ0n) is 22.4. The molecule has 212 valence electrons. The summed E-state index contributed by atoms with van der Waals surface area (Å²) in [7, 11) is 0. The molecule has 4 aromatic rings. The molecule has 0 radical (unpaired) electrons. The summed E-state index contributed by atoms with van der Waals surface area (Å²) in [5.74, 6) is -0.605. The van der Waals surface area contributed by atoms with Crippen molar-refractivity contribution in [1.82, 2.24) is 15.2 Å². The molecule has 1 N–H and O–H groups in total. The van der Waals surface area contributed by atoms with Crippen molar-refractivity contribution < 1.29 is 31.6 Å². The minimum atomic E-state index is -4.69. The Kier molecular flexibility index (Phi) is 7.42. The van der Waals surface area contributed by atoms with Gasteiger partial charge >= 0.3 is 6.18 Å². The number of pyridine rings is 1. The fraction of sp³-hybridized carbons (Fsp3) is 0.258. The summed E-state index contributed by atoms with van der Waals surface area (Å²) in [6.45, 7) is 3.50. The SMILES string of the molecule is Cc1ccc(/C=C/C(=O)NCc2cc3cc(-c4ccc(C(=O)N5CC[C@@](C)(F)C5)cc4)cc(C(F)(F)F)c3o2)cn1. The molecule has 2 aromatic heterocycles. The van der Waals surface area contributed by atoms with E-state index < -0.39 is 23.3 Å². The number of furan rings is 1. The van der Waals surface area contributed by atoms with Crippen LogP contribution in [0.2, 0.25) is 0 Å². The van der Waals surface area contributed by atoms with E-state index in [0.29, 0.717) is 17.7 Å². The maximum atomic E-state index is 14.2. The number of fused-ring (bicyclic) bond motifs is 1. The Balaban J connectivity index is 1.34. The maximum absolute atomic E-state index is 14.2. The summed E-state index contributed by atoms with van der Waals surface area (Å²) in [5, 5.41) is 2.83. The van der Waals surface area contributed by atoms with E-state index >= 15 is 0 Å². The van der Waals surface area contributed by atoms with E-state index in [4.69, 9.17) is 4.42 Å². The van der Waals surface area contributed by atoms with Crippen LogP contribution in [-0.2, 0) is 17.5 Å². The van der Waals surface area contributed by atoms with Crippen molar-refractivity contribution in [1.29, 1.82) is 0 Å². The van der Waals surface area contributed by atoms with E-state index in [0.717, 1.165) is 17.3 Å². The number of rotatable bonds is 6. The number of nitrogens with one attached hydrogen (secondary N) is 1. The van der Waals surface area contributed by atoms with Gasteiger partial charge in [-0.25, -0.2) is 4.39 Å². The van der Waals surface area contributed by atoms with Crippen LogP contribution >= 0.6 is 0 Å². The highest BCUT2D eigenvalue weighted by atomic mass is 19.4. The van der Waals surface area contributed by atoms with Gasteiger partial charge in [0.15, 0.2) is 0 Å². The molecule has 41 heavy (non-hydrogen) atoms. The largest absolute Gasteiger partial charge is 0.459 e. The molecule has 2 amide bonds. The first-order chi connectivity index (χ1) is 19.4. The molecule has 5 rings (SSSR count). The van der Waals surface area contributed by atoms with Gasteiger partial charge in [-0.1, -0.05) is 18.2 Å². The average molecular weight is 566 g/mol. The van der Waals surface area contributed by atoms with Gasteiger partial charge in [0.25, 0.3) is 5.91 Å². The van der Waals surface area contributed by atoms with Crippen molar-refractivity contribution in [2.24, 2.45) is 0 Å². The molecule has 0 unspecified atom stereocenters. The molecule has 2 aromatic carbocycles. The summed E-state index contributed by atoms with van der Waals surface area (Å²) in [5.41, 5.74) is -0.0539. The summed E-state index contributed by atoms with van der Waals surface area (Å²) in [4.78, 5) is 30.6. The fourth-order valence-electron chi connectivity index (χ4n) is 4.74. The number of halogens is 4. The van der Waals surface area contributed by atoms with Gasteiger partial charge in [0.05, 0.1) is 18.7 Å². The number of amides is 2. The van der Waals surface area contributed by atoms with Crippen molar-refractivity contribution in [3.63, 3.8) is 0 Å². The molecule has 1 fully saturated rings. The van der Waals surface area contributed by atoms with Gasteiger partial charge in [0, 0.05) is 41.9 Å². The molecule has 1 atom stereocenters. The molecule has 1 aliphatic rings. The highest BCUT2D eigenvalue weighted by molar-refractivity contribution is 5.95. The molecule has 0 bridgehead atoms. The van der Waals surface area contributed by atoms with Crippen molar-refractivity contribution >= 4 is 28.9 Å². The topological polar surface area (TPSA) is 75.4 Å². The van der Waals surface area contributed by atoms with Gasteiger partial charge in [-0.05, 0) is 73.0 Å². The van der Waals surface area contributed by atoms with E-state index in [-0.39, 0.29) is 47.7 Å². The number of hydrogen-bond donors (Lipinski definition) is 1. The van der Waals surface area contributed by atoms with Crippen LogP contribution in [0.25, 0.3) is 28.2 Å². The van der Waals surface area contributed by atoms with Crippen molar-refractivity contribution in [3.8, 4) is 11.1 Å². The van der Waals surface area contributed by atoms with Crippen LogP contribution in [0.3, 0.4) is 0 Å². The van der Waals surface area contributed by atoms with Crippen LogP contribution < -0.4 is 5.32 Å². The van der Waals surface area contributed by atoms with Gasteiger partial charge in [-0.3, -0.25) is 14.6 Å². The molecule has 10 heteroatoms. The van der Waals surface area contributed by atoms with Crippen LogP contribution in [0, 0.1) is 6.92 Å². The van der Waals surface area contributed by atoms with Gasteiger partial charge in [0.1, 0.15) is 17.0 Å². The Morgan fingerprint density at radius 3 is 2.49 bits per heavy atom. The number of nitrogens with zero attached hydrogens (tertiary/aromatic N) is 2. The number of carbonyl (C=O) groups excluding carboxylic acids is 2. The molecule has 1 aliphatic heterocycles. The van der Waals surface area contributed by atoms with E-state index in [1.165, 1.54) is 36.1 Å². The number of likely N-dealkylation sites (tertiary alicyclic amines) is 1. The van der Waals surface area contributed by atoms with Gasteiger partial charge in [0.2, 0.25) is 5.91 Å². The van der Waals surface area contributed by atoms with E-state index in [9.17, 15) is 27.2 Å². The fourth-order valence-corrected chi connectivity index (χ4v) is 4.74. The zero-order valence-corrected chi connectivity index (χ0v) is 22.4. The minimum Gasteiger partial charge on any atom is -0.459 e. The molecule has 0 saturated carbocycles. The lowest BCUT2D eigenvalue weighted by atomic mass is 9.99. The summed E-state index contributed by atoms with van der Waals surface area (Å²) < 4.78 is 61.7. The number of benzene rings is 2. The lowest BCUT2D eigenvalue weighted by molar-refractivity contribution is -0.136. The number of hydrogen-bond acceptors (Lipinski definition) is 4. The third-order valence-corrected chi connectivity index (χ3v) is 6.95. The second-order valence-corrected chi connectivity index (χ2v) is 10.4. The van der Waals surface area contributed by atoms with Crippen LogP contribution in [0.1, 0.15) is 46.3 Å². The Morgan fingerprint density at radius 2 is 1.85 bits per heavy atom. The van der Waals surface area contributed by atoms with E-state index in [2.05, 4.69) is 10.3 Å². The molecule has 3 heterocycles. The quantitative estimate of drug-likeness (QED) is 0.208. The van der Waals surface area contributed by atoms with Gasteiger partial charge in [-0.2, -0.15) is 13.2 Å². The van der Waals surface area contributed by atoms with E-state index in [1.54, 1.807) is 30.5 Å². The third-order valence-electron chi connectivity index (χ3n) is 6.95. The number of carbonyl (C=O) groups is 2. The molecule has 6 nitrogen and oxygen atoms in total. The predicted octanol–water partition coefficient (Wildman–Crippen LogP) is 6.73. The van der Waals surface area contributed by atoms with Crippen molar-refractivity contribution in [2.45, 2.75) is 38.7 Å². The maximum Gasteiger partial charge on any atom is 0.420 e. The van der Waals surface area contributed by atoms with Crippen LogP contribution in [-0.4, -0.2) is 40.5 Å². The van der Waals surface area contributed by atoms with Crippen LogP contribution in [0.4, 0.5) is 17.6 Å². The molecule has 0 spiro atoms. The zero-order chi connectivity index (χ0) is 29.4. The number of aromatic nitrogens is 1. The van der Waals surface area contributed by atoms with Crippen LogP contribution in [0.15, 0.2) is 71.3 Å². The van der Waals surface area contributed by atoms with Crippen molar-refractivity contribution in [3.05, 3.63) is 95.0 Å². The molecular formula is C31H27F4N3O3. The number of alkyl halides is 4. The van der Waals surface area contributed by atoms with E-state index in [1.807, 2.05) is 19.1 Å². The monoisotopic (exact) mass is 565 g/mol. The molecule has 0 aliphatic carbocycles. The minimum absolute atomic E-state index is 0.00296. The lowest BCUT2D eigenvalue weighted by Gasteiger charge is -2.18. The normalized spacial score (nSPS) is 17.5. The Hall–Kier alpha value is -4.47. The highest BCUT2D eigenvalue weighted by Gasteiger charge is 2.37. The third kappa shape index (κ3) is 6.48. The standard InChI is InChI=1S/C31H27F4N3O3/c1-19-3-4-20(16-36-19)5-10-27(39)37-17-25-14-24-13-23(15-26(28(24)41-25)31(33,34)35)21-6-8-22(9-7-21)29(40)38-12-11-30(2,32)18-38/h3-10,13-16H,11-12,17-18H2,1-2H3,(H,37,39)/b10-5+/t30-/m1/s1. The first-order valence-corrected chi connectivity index (χ1v) is 13.0. The average Bonchev–Trinajstić information content (AvgIpc) is 3.52. The number of aryl methyl sites for hydroxylation is 1. The van der Waals surface area contributed by atoms with Gasteiger partial charge < -0.3 is 14.6 Å². The second-order valence-electron chi connectivity index (χ2n) is 10.4. The molecule has 1 saturated heterocycles. The Morgan fingerprint density at radius 1 is 1.10 bits per heavy atom. The van der Waals surface area contributed by atoms with Crippen LogP contribution in [0.5, 0.6) is 0 Å².